The highest BCUT2D eigenvalue weighted by Crippen LogP contribution is 2.23. The molecule has 5 heteroatoms. The maximum absolute atomic E-state index is 12.6. The lowest BCUT2D eigenvalue weighted by molar-refractivity contribution is 0.102. The highest BCUT2D eigenvalue weighted by Gasteiger charge is 2.14. The summed E-state index contributed by atoms with van der Waals surface area (Å²) in [6.07, 6.45) is 0.720. The van der Waals surface area contributed by atoms with Gasteiger partial charge < -0.3 is 0 Å². The first-order chi connectivity index (χ1) is 11.6. The van der Waals surface area contributed by atoms with Crippen LogP contribution in [0.25, 0.3) is 0 Å². The number of nitrogens with zero attached hydrogens (tertiary/aromatic N) is 2. The summed E-state index contributed by atoms with van der Waals surface area (Å²) in [5.41, 5.74) is 2.84. The van der Waals surface area contributed by atoms with Gasteiger partial charge in [0.15, 0.2) is 0 Å². The molecule has 3 aromatic rings. The van der Waals surface area contributed by atoms with Crippen molar-refractivity contribution in [3.8, 4) is 0 Å². The first-order valence-corrected chi connectivity index (χ1v) is 8.71. The number of carbonyl (C=O) groups is 1. The Hall–Kier alpha value is -2.53. The Morgan fingerprint density at radius 2 is 1.75 bits per heavy atom. The second-order valence-electron chi connectivity index (χ2n) is 5.87. The zero-order valence-corrected chi connectivity index (χ0v) is 14.5. The molecule has 0 bridgehead atoms. The molecule has 3 rings (SSSR count). The Labute approximate surface area is 145 Å². The van der Waals surface area contributed by atoms with E-state index in [0.717, 1.165) is 17.0 Å². The molecule has 0 atom stereocenters. The summed E-state index contributed by atoms with van der Waals surface area (Å²) >= 11 is 1.42. The molecule has 1 aromatic heterocycles. The van der Waals surface area contributed by atoms with Crippen molar-refractivity contribution in [1.82, 2.24) is 10.2 Å². The smallest absolute Gasteiger partial charge is 0.257 e. The van der Waals surface area contributed by atoms with Crippen LogP contribution in [0.15, 0.2) is 54.6 Å². The number of hydrogen-bond donors (Lipinski definition) is 1. The van der Waals surface area contributed by atoms with E-state index in [9.17, 15) is 4.79 Å². The summed E-state index contributed by atoms with van der Waals surface area (Å²) in [4.78, 5) is 12.6. The van der Waals surface area contributed by atoms with E-state index in [2.05, 4.69) is 41.5 Å². The number of anilines is 1. The molecule has 1 heterocycles. The number of hydrogen-bond acceptors (Lipinski definition) is 4. The van der Waals surface area contributed by atoms with E-state index in [1.807, 2.05) is 42.5 Å². The van der Waals surface area contributed by atoms with Crippen LogP contribution in [0.3, 0.4) is 0 Å². The Morgan fingerprint density at radius 1 is 1.04 bits per heavy atom. The van der Waals surface area contributed by atoms with Crippen molar-refractivity contribution in [3.05, 3.63) is 76.3 Å². The van der Waals surface area contributed by atoms with Gasteiger partial charge in [-0.1, -0.05) is 73.7 Å². The van der Waals surface area contributed by atoms with Crippen LogP contribution in [0.4, 0.5) is 5.13 Å². The predicted molar refractivity (Wildman–Crippen MR) is 97.6 cm³/mol. The fraction of sp³-hybridized carbons (Fsp3) is 0.211. The van der Waals surface area contributed by atoms with E-state index in [0.29, 0.717) is 16.6 Å². The number of benzene rings is 2. The fourth-order valence-corrected chi connectivity index (χ4v) is 3.14. The van der Waals surface area contributed by atoms with Crippen LogP contribution in [0, 0.1) is 0 Å². The molecule has 0 fully saturated rings. The summed E-state index contributed by atoms with van der Waals surface area (Å²) in [5, 5.41) is 12.5. The van der Waals surface area contributed by atoms with Gasteiger partial charge in [0.2, 0.25) is 5.13 Å². The van der Waals surface area contributed by atoms with Crippen LogP contribution in [0.5, 0.6) is 0 Å². The fourth-order valence-electron chi connectivity index (χ4n) is 2.39. The van der Waals surface area contributed by atoms with Gasteiger partial charge in [-0.25, -0.2) is 0 Å². The minimum absolute atomic E-state index is 0.145. The summed E-state index contributed by atoms with van der Waals surface area (Å²) in [7, 11) is 0. The van der Waals surface area contributed by atoms with Gasteiger partial charge in [0.05, 0.1) is 0 Å². The Morgan fingerprint density at radius 3 is 2.46 bits per heavy atom. The number of carbonyl (C=O) groups excluding carboxylic acids is 1. The van der Waals surface area contributed by atoms with Crippen LogP contribution >= 0.6 is 11.3 Å². The molecule has 1 amide bonds. The molecule has 0 saturated heterocycles. The lowest BCUT2D eigenvalue weighted by Crippen LogP contribution is -2.14. The van der Waals surface area contributed by atoms with Crippen LogP contribution in [0.1, 0.15) is 46.3 Å². The second-order valence-corrected chi connectivity index (χ2v) is 6.88. The lowest BCUT2D eigenvalue weighted by Gasteiger charge is -2.09. The van der Waals surface area contributed by atoms with Crippen molar-refractivity contribution < 1.29 is 4.79 Å². The summed E-state index contributed by atoms with van der Waals surface area (Å²) in [6, 6.07) is 17.8. The van der Waals surface area contributed by atoms with E-state index in [4.69, 9.17) is 0 Å². The second kappa shape index (κ2) is 7.36. The SMILES string of the molecule is CC(C)c1nnc(NC(=O)c2ccccc2Cc2ccccc2)s1. The maximum Gasteiger partial charge on any atom is 0.257 e. The molecular formula is C19H19N3OS. The predicted octanol–water partition coefficient (Wildman–Crippen LogP) is 4.50. The molecular weight excluding hydrogens is 318 g/mol. The molecule has 0 aliphatic rings. The van der Waals surface area contributed by atoms with E-state index in [1.165, 1.54) is 16.9 Å². The Kier molecular flexibility index (Phi) is 5.01. The van der Waals surface area contributed by atoms with Gasteiger partial charge in [-0.2, -0.15) is 0 Å². The molecule has 0 spiro atoms. The average molecular weight is 337 g/mol. The van der Waals surface area contributed by atoms with Crippen molar-refractivity contribution in [1.29, 1.82) is 0 Å². The highest BCUT2D eigenvalue weighted by atomic mass is 32.1. The average Bonchev–Trinajstić information content (AvgIpc) is 3.05. The topological polar surface area (TPSA) is 54.9 Å². The largest absolute Gasteiger partial charge is 0.296 e. The van der Waals surface area contributed by atoms with E-state index >= 15 is 0 Å². The Balaban J connectivity index is 1.79. The summed E-state index contributed by atoms with van der Waals surface area (Å²) < 4.78 is 0. The first-order valence-electron chi connectivity index (χ1n) is 7.90. The quantitative estimate of drug-likeness (QED) is 0.745. The van der Waals surface area contributed by atoms with Crippen molar-refractivity contribution in [2.45, 2.75) is 26.2 Å². The molecule has 0 radical (unpaired) electrons. The van der Waals surface area contributed by atoms with Gasteiger partial charge in [-0.15, -0.1) is 10.2 Å². The first kappa shape index (κ1) is 16.3. The van der Waals surface area contributed by atoms with Crippen LogP contribution in [-0.2, 0) is 6.42 Å². The number of aromatic nitrogens is 2. The molecule has 0 aliphatic carbocycles. The maximum atomic E-state index is 12.6. The molecule has 2 aromatic carbocycles. The summed E-state index contributed by atoms with van der Waals surface area (Å²) in [5.74, 6) is 0.159. The summed E-state index contributed by atoms with van der Waals surface area (Å²) in [6.45, 7) is 4.11. The van der Waals surface area contributed by atoms with Gasteiger partial charge in [-0.3, -0.25) is 10.1 Å². The zero-order chi connectivity index (χ0) is 16.9. The minimum atomic E-state index is -0.145. The monoisotopic (exact) mass is 337 g/mol. The van der Waals surface area contributed by atoms with Gasteiger partial charge in [-0.05, 0) is 23.6 Å². The molecule has 122 valence electrons. The third-order valence-corrected chi connectivity index (χ3v) is 4.79. The lowest BCUT2D eigenvalue weighted by atomic mass is 9.99. The standard InChI is InChI=1S/C19H19N3OS/c1-13(2)18-21-22-19(24-18)20-17(23)16-11-7-6-10-15(16)12-14-8-4-3-5-9-14/h3-11,13H,12H2,1-2H3,(H,20,22,23). The highest BCUT2D eigenvalue weighted by molar-refractivity contribution is 7.15. The van der Waals surface area contributed by atoms with Gasteiger partial charge >= 0.3 is 0 Å². The molecule has 0 unspecified atom stereocenters. The van der Waals surface area contributed by atoms with Crippen molar-refractivity contribution in [2.24, 2.45) is 0 Å². The van der Waals surface area contributed by atoms with Crippen molar-refractivity contribution in [3.63, 3.8) is 0 Å². The third kappa shape index (κ3) is 3.86. The minimum Gasteiger partial charge on any atom is -0.296 e. The van der Waals surface area contributed by atoms with Crippen LogP contribution in [0.2, 0.25) is 0 Å². The number of amides is 1. The van der Waals surface area contributed by atoms with Crippen LogP contribution in [-0.4, -0.2) is 16.1 Å². The number of rotatable bonds is 5. The van der Waals surface area contributed by atoms with Gasteiger partial charge in [0.25, 0.3) is 5.91 Å². The van der Waals surface area contributed by atoms with Crippen molar-refractivity contribution >= 4 is 22.4 Å². The Bertz CT molecular complexity index is 827. The number of nitrogens with one attached hydrogen (secondary N) is 1. The normalized spacial score (nSPS) is 10.8. The van der Waals surface area contributed by atoms with Crippen molar-refractivity contribution in [2.75, 3.05) is 5.32 Å². The van der Waals surface area contributed by atoms with Gasteiger partial charge in [0.1, 0.15) is 5.01 Å². The van der Waals surface area contributed by atoms with E-state index in [-0.39, 0.29) is 5.91 Å². The molecule has 0 saturated carbocycles. The molecule has 24 heavy (non-hydrogen) atoms. The van der Waals surface area contributed by atoms with Gasteiger partial charge in [0, 0.05) is 11.5 Å². The molecule has 1 N–H and O–H groups in total. The van der Waals surface area contributed by atoms with E-state index < -0.39 is 0 Å². The molecule has 0 aliphatic heterocycles. The third-order valence-electron chi connectivity index (χ3n) is 3.65. The van der Waals surface area contributed by atoms with E-state index in [1.54, 1.807) is 0 Å². The van der Waals surface area contributed by atoms with Crippen LogP contribution < -0.4 is 5.32 Å². The molecule has 4 nitrogen and oxygen atoms in total. The zero-order valence-electron chi connectivity index (χ0n) is 13.7.